The maximum Gasteiger partial charge on any atom is 0.249 e. The van der Waals surface area contributed by atoms with E-state index >= 15 is 0 Å². The third-order valence-corrected chi connectivity index (χ3v) is 4.55. The van der Waals surface area contributed by atoms with Crippen LogP contribution in [0.5, 0.6) is 0 Å². The lowest BCUT2D eigenvalue weighted by molar-refractivity contribution is 0.332. The van der Waals surface area contributed by atoms with Crippen LogP contribution in [0.3, 0.4) is 0 Å². The quantitative estimate of drug-likeness (QED) is 0.758. The van der Waals surface area contributed by atoms with E-state index in [-0.39, 0.29) is 12.0 Å². The van der Waals surface area contributed by atoms with Crippen LogP contribution in [0.1, 0.15) is 61.6 Å². The molecule has 4 rings (SSSR count). The Morgan fingerprint density at radius 3 is 2.68 bits per heavy atom. The monoisotopic (exact) mass is 338 g/mol. The van der Waals surface area contributed by atoms with Crippen molar-refractivity contribution >= 4 is 16.9 Å². The van der Waals surface area contributed by atoms with E-state index in [2.05, 4.69) is 44.3 Å². The highest BCUT2D eigenvalue weighted by atomic mass is 16.5. The molecule has 130 valence electrons. The summed E-state index contributed by atoms with van der Waals surface area (Å²) in [4.78, 5) is 17.9. The zero-order chi connectivity index (χ0) is 17.6. The van der Waals surface area contributed by atoms with E-state index in [4.69, 9.17) is 4.52 Å². The van der Waals surface area contributed by atoms with Gasteiger partial charge in [0.05, 0.1) is 5.39 Å². The van der Waals surface area contributed by atoms with E-state index in [1.54, 1.807) is 0 Å². The molecule has 0 amide bonds. The molecule has 0 spiro atoms. The first-order chi connectivity index (χ1) is 12.0. The Morgan fingerprint density at radius 1 is 1.16 bits per heavy atom. The molecule has 0 radical (unpaired) electrons. The summed E-state index contributed by atoms with van der Waals surface area (Å²) in [5.41, 5.74) is 2.74. The summed E-state index contributed by atoms with van der Waals surface area (Å²) in [5.74, 6) is 2.92. The van der Waals surface area contributed by atoms with E-state index in [0.717, 1.165) is 41.1 Å². The van der Waals surface area contributed by atoms with Gasteiger partial charge in [-0.1, -0.05) is 19.0 Å². The van der Waals surface area contributed by atoms with Crippen LogP contribution in [0.15, 0.2) is 16.9 Å². The van der Waals surface area contributed by atoms with Gasteiger partial charge in [-0.25, -0.2) is 15.0 Å². The molecule has 3 aromatic heterocycles. The predicted molar refractivity (Wildman–Crippen MR) is 94.3 cm³/mol. The Labute approximate surface area is 146 Å². The zero-order valence-corrected chi connectivity index (χ0v) is 14.9. The maximum atomic E-state index is 5.54. The number of nitrogens with zero attached hydrogens (tertiary/aromatic N) is 5. The second-order valence-corrected chi connectivity index (χ2v) is 7.13. The molecule has 3 heterocycles. The highest BCUT2D eigenvalue weighted by molar-refractivity contribution is 5.89. The normalized spacial score (nSPS) is 15.7. The highest BCUT2D eigenvalue weighted by Crippen LogP contribution is 2.39. The van der Waals surface area contributed by atoms with Gasteiger partial charge in [-0.3, -0.25) is 0 Å². The van der Waals surface area contributed by atoms with Gasteiger partial charge in [0.15, 0.2) is 11.5 Å². The molecule has 0 bridgehead atoms. The molecule has 1 fully saturated rings. The molecule has 0 aromatic carbocycles. The highest BCUT2D eigenvalue weighted by Gasteiger charge is 2.31. The van der Waals surface area contributed by atoms with Gasteiger partial charge >= 0.3 is 0 Å². The third-order valence-electron chi connectivity index (χ3n) is 4.55. The number of aryl methyl sites for hydroxylation is 2. The summed E-state index contributed by atoms with van der Waals surface area (Å²) in [6.45, 7) is 8.26. The van der Waals surface area contributed by atoms with Crippen LogP contribution in [0, 0.1) is 19.8 Å². The molecule has 0 unspecified atom stereocenters. The van der Waals surface area contributed by atoms with Crippen molar-refractivity contribution in [1.82, 2.24) is 25.1 Å². The number of hydrogen-bond donors (Lipinski definition) is 1. The van der Waals surface area contributed by atoms with Crippen molar-refractivity contribution in [3.8, 4) is 0 Å². The molecular formula is C18H22N6O. The summed E-state index contributed by atoms with van der Waals surface area (Å²) in [6.07, 6.45) is 3.84. The molecule has 1 aliphatic carbocycles. The number of aromatic nitrogens is 5. The fourth-order valence-corrected chi connectivity index (χ4v) is 3.06. The van der Waals surface area contributed by atoms with Gasteiger partial charge in [0.1, 0.15) is 18.2 Å². The fourth-order valence-electron chi connectivity index (χ4n) is 3.06. The first-order valence-electron chi connectivity index (χ1n) is 8.72. The van der Waals surface area contributed by atoms with Crippen LogP contribution in [0.2, 0.25) is 0 Å². The average molecular weight is 338 g/mol. The number of rotatable bonds is 5. The van der Waals surface area contributed by atoms with E-state index in [1.807, 2.05) is 19.9 Å². The number of pyridine rings is 1. The van der Waals surface area contributed by atoms with Gasteiger partial charge in [0, 0.05) is 11.6 Å². The van der Waals surface area contributed by atoms with Gasteiger partial charge in [0.25, 0.3) is 0 Å². The van der Waals surface area contributed by atoms with E-state index in [9.17, 15) is 0 Å². The Balaban J connectivity index is 1.71. The first kappa shape index (κ1) is 15.9. The van der Waals surface area contributed by atoms with Crippen molar-refractivity contribution in [3.63, 3.8) is 0 Å². The molecule has 7 nitrogen and oxygen atoms in total. The minimum absolute atomic E-state index is 0.112. The molecule has 1 atom stereocenters. The summed E-state index contributed by atoms with van der Waals surface area (Å²) in [5, 5.41) is 8.56. The molecular weight excluding hydrogens is 316 g/mol. The molecule has 25 heavy (non-hydrogen) atoms. The summed E-state index contributed by atoms with van der Waals surface area (Å²) in [7, 11) is 0. The summed E-state index contributed by atoms with van der Waals surface area (Å²) < 4.78 is 5.54. The zero-order valence-electron chi connectivity index (χ0n) is 14.9. The van der Waals surface area contributed by atoms with Crippen molar-refractivity contribution in [2.45, 2.75) is 52.5 Å². The topological polar surface area (TPSA) is 89.6 Å². The Kier molecular flexibility index (Phi) is 3.86. The predicted octanol–water partition coefficient (Wildman–Crippen LogP) is 3.71. The first-order valence-corrected chi connectivity index (χ1v) is 8.72. The molecule has 0 saturated heterocycles. The van der Waals surface area contributed by atoms with Gasteiger partial charge < -0.3 is 9.84 Å². The second-order valence-electron chi connectivity index (χ2n) is 7.13. The number of anilines is 1. The Morgan fingerprint density at radius 2 is 1.96 bits per heavy atom. The van der Waals surface area contributed by atoms with Gasteiger partial charge in [-0.2, -0.15) is 4.98 Å². The van der Waals surface area contributed by atoms with Crippen LogP contribution < -0.4 is 5.32 Å². The standard InChI is InChI=1S/C18H22N6O/c1-9(2)14(18-23-15(24-25-18)12-5-6-12)22-17-13-10(3)7-11(4)21-16(13)19-8-20-17/h7-9,12,14H,5-6H2,1-4H3,(H,19,20,21,22)/t14-/m1/s1. The van der Waals surface area contributed by atoms with Crippen LogP contribution in [0.25, 0.3) is 11.0 Å². The van der Waals surface area contributed by atoms with Crippen molar-refractivity contribution in [2.75, 3.05) is 5.32 Å². The molecule has 1 N–H and O–H groups in total. The van der Waals surface area contributed by atoms with Crippen LogP contribution >= 0.6 is 0 Å². The van der Waals surface area contributed by atoms with Gasteiger partial charge in [-0.15, -0.1) is 0 Å². The lowest BCUT2D eigenvalue weighted by atomic mass is 10.0. The van der Waals surface area contributed by atoms with Crippen LogP contribution in [0.4, 0.5) is 5.82 Å². The minimum Gasteiger partial charge on any atom is -0.357 e. The van der Waals surface area contributed by atoms with Crippen molar-refractivity contribution in [3.05, 3.63) is 35.4 Å². The largest absolute Gasteiger partial charge is 0.357 e. The minimum atomic E-state index is -0.112. The lowest BCUT2D eigenvalue weighted by Crippen LogP contribution is -2.18. The molecule has 0 aliphatic heterocycles. The summed E-state index contributed by atoms with van der Waals surface area (Å²) >= 11 is 0. The SMILES string of the molecule is Cc1cc(C)c2c(N[C@@H](c3nc(C4CC4)no3)C(C)C)ncnc2n1. The molecule has 1 aliphatic rings. The molecule has 7 heteroatoms. The van der Waals surface area contributed by atoms with Crippen LogP contribution in [-0.2, 0) is 0 Å². The van der Waals surface area contributed by atoms with Crippen LogP contribution in [-0.4, -0.2) is 25.1 Å². The Bertz CT molecular complexity index is 915. The summed E-state index contributed by atoms with van der Waals surface area (Å²) in [6, 6.07) is 1.93. The Hall–Kier alpha value is -2.57. The van der Waals surface area contributed by atoms with E-state index in [0.29, 0.717) is 17.5 Å². The maximum absolute atomic E-state index is 5.54. The average Bonchev–Trinajstić information content (AvgIpc) is 3.30. The van der Waals surface area contributed by atoms with Gasteiger partial charge in [0.2, 0.25) is 5.89 Å². The third kappa shape index (κ3) is 3.06. The lowest BCUT2D eigenvalue weighted by Gasteiger charge is -2.20. The number of nitrogens with one attached hydrogen (secondary N) is 1. The smallest absolute Gasteiger partial charge is 0.249 e. The number of hydrogen-bond acceptors (Lipinski definition) is 7. The fraction of sp³-hybridized carbons (Fsp3) is 0.500. The molecule has 1 saturated carbocycles. The second kappa shape index (κ2) is 6.06. The molecule has 3 aromatic rings. The van der Waals surface area contributed by atoms with Crippen molar-refractivity contribution in [1.29, 1.82) is 0 Å². The van der Waals surface area contributed by atoms with Gasteiger partial charge in [-0.05, 0) is 44.2 Å². The van der Waals surface area contributed by atoms with Crippen molar-refractivity contribution < 1.29 is 4.52 Å². The van der Waals surface area contributed by atoms with E-state index < -0.39 is 0 Å². The van der Waals surface area contributed by atoms with E-state index in [1.165, 1.54) is 6.33 Å². The van der Waals surface area contributed by atoms with Crippen molar-refractivity contribution in [2.24, 2.45) is 5.92 Å². The number of fused-ring (bicyclic) bond motifs is 1.